The quantitative estimate of drug-likeness (QED) is 0.278. The summed E-state index contributed by atoms with van der Waals surface area (Å²) >= 11 is 0. The fourth-order valence-electron chi connectivity index (χ4n) is 0. The van der Waals surface area contributed by atoms with Gasteiger partial charge in [0.15, 0.2) is 0 Å². The molecule has 7 heavy (non-hydrogen) atoms. The van der Waals surface area contributed by atoms with Crippen molar-refractivity contribution in [3.05, 3.63) is 0 Å². The van der Waals surface area contributed by atoms with E-state index in [4.69, 9.17) is 9.11 Å². The molecule has 0 bridgehead atoms. The van der Waals surface area contributed by atoms with Crippen molar-refractivity contribution in [3.63, 3.8) is 0 Å². The van der Waals surface area contributed by atoms with Gasteiger partial charge in [0.2, 0.25) is 0 Å². The van der Waals surface area contributed by atoms with E-state index >= 15 is 0 Å². The lowest BCUT2D eigenvalue weighted by molar-refractivity contribution is 0.548. The van der Waals surface area contributed by atoms with Gasteiger partial charge in [-0.3, -0.25) is 9.11 Å². The van der Waals surface area contributed by atoms with E-state index in [0.717, 1.165) is 0 Å². The van der Waals surface area contributed by atoms with Crippen molar-refractivity contribution in [3.8, 4) is 0 Å². The van der Waals surface area contributed by atoms with E-state index in [1.54, 1.807) is 0 Å². The van der Waals surface area contributed by atoms with E-state index in [-0.39, 0.29) is 8.41 Å². The first kappa shape index (κ1) is 10.3. The lowest BCUT2D eigenvalue weighted by atomic mass is 10.8. The highest BCUT2D eigenvalue weighted by atomic mass is 33.2. The maximum absolute atomic E-state index is 9.26. The predicted octanol–water partition coefficient (Wildman–Crippen LogP) is -1.04. The molecule has 0 aromatic heterocycles. The van der Waals surface area contributed by atoms with Gasteiger partial charge in [-0.15, -0.1) is 0 Å². The number of hydrogen-bond acceptors (Lipinski definition) is 2. The van der Waals surface area contributed by atoms with Crippen molar-refractivity contribution in [1.29, 1.82) is 0 Å². The maximum atomic E-state index is 9.26. The monoisotopic (exact) mass is 141 g/mol. The van der Waals surface area contributed by atoms with Crippen LogP contribution in [-0.4, -0.2) is 25.9 Å². The molecule has 41 valence electrons. The first-order valence-electron chi connectivity index (χ1n) is 0.865. The zero-order valence-corrected chi connectivity index (χ0v) is 4.74. The van der Waals surface area contributed by atoms with Crippen LogP contribution in [-0.2, 0) is 20.2 Å². The summed E-state index contributed by atoms with van der Waals surface area (Å²) in [6.07, 6.45) is 0. The van der Waals surface area contributed by atoms with E-state index in [2.05, 4.69) is 0 Å². The SMILES string of the molecule is O=S(O)S(=O)O.[B]. The maximum Gasteiger partial charge on any atom is 0.274 e. The largest absolute Gasteiger partial charge is 0.294 e. The van der Waals surface area contributed by atoms with Crippen LogP contribution in [0.25, 0.3) is 0 Å². The summed E-state index contributed by atoms with van der Waals surface area (Å²) in [5.74, 6) is 0. The highest BCUT2D eigenvalue weighted by molar-refractivity contribution is 8.56. The Balaban J connectivity index is 0. The average Bonchev–Trinajstić information content (AvgIpc) is 1.36. The molecule has 2 unspecified atom stereocenters. The molecule has 0 saturated heterocycles. The third-order valence-corrected chi connectivity index (χ3v) is 1.10. The lowest BCUT2D eigenvalue weighted by Crippen LogP contribution is -1.93. The summed E-state index contributed by atoms with van der Waals surface area (Å²) in [4.78, 5) is 0. The lowest BCUT2D eigenvalue weighted by Gasteiger charge is -1.74. The Morgan fingerprint density at radius 2 is 1.14 bits per heavy atom. The van der Waals surface area contributed by atoms with E-state index in [9.17, 15) is 8.42 Å². The molecule has 0 rings (SSSR count). The molecule has 0 aromatic rings. The van der Waals surface area contributed by atoms with Gasteiger partial charge in [-0.05, 0) is 0 Å². The molecule has 0 aromatic carbocycles. The molecule has 0 aliphatic heterocycles. The molecule has 7 heteroatoms. The van der Waals surface area contributed by atoms with Crippen LogP contribution in [0.5, 0.6) is 0 Å². The van der Waals surface area contributed by atoms with Crippen LogP contribution in [0.15, 0.2) is 0 Å². The normalized spacial score (nSPS) is 16.9. The minimum atomic E-state index is -2.59. The Kier molecular flexibility index (Phi) is 6.54. The molecule has 0 aliphatic rings. The first-order valence-corrected chi connectivity index (χ1v) is 3.60. The second-order valence-corrected chi connectivity index (χ2v) is 3.01. The fourth-order valence-corrected chi connectivity index (χ4v) is 0. The Morgan fingerprint density at radius 1 is 1.00 bits per heavy atom. The van der Waals surface area contributed by atoms with E-state index in [0.29, 0.717) is 0 Å². The minimum absolute atomic E-state index is 0. The second kappa shape index (κ2) is 4.44. The highest BCUT2D eigenvalue weighted by Crippen LogP contribution is 1.74. The highest BCUT2D eigenvalue weighted by Gasteiger charge is 1.95. The molecule has 2 atom stereocenters. The van der Waals surface area contributed by atoms with Gasteiger partial charge in [0, 0.05) is 8.41 Å². The van der Waals surface area contributed by atoms with Gasteiger partial charge in [-0.1, -0.05) is 0 Å². The zero-order valence-electron chi connectivity index (χ0n) is 3.10. The van der Waals surface area contributed by atoms with E-state index in [1.807, 2.05) is 0 Å². The van der Waals surface area contributed by atoms with Crippen LogP contribution in [0.2, 0.25) is 0 Å². The van der Waals surface area contributed by atoms with Crippen LogP contribution in [0.4, 0.5) is 0 Å². The molecule has 0 aliphatic carbocycles. The second-order valence-electron chi connectivity index (χ2n) is 0.434. The standard InChI is InChI=1S/B.H2O4S2/c;1-5(2)6(3)4/h;(H,1,2)(H,3,4). The zero-order chi connectivity index (χ0) is 5.15. The van der Waals surface area contributed by atoms with Gasteiger partial charge in [0.05, 0.1) is 0 Å². The summed E-state index contributed by atoms with van der Waals surface area (Å²) in [7, 11) is -5.18. The van der Waals surface area contributed by atoms with Crippen molar-refractivity contribution < 1.29 is 17.5 Å². The van der Waals surface area contributed by atoms with Gasteiger partial charge in [0.25, 0.3) is 20.2 Å². The van der Waals surface area contributed by atoms with Crippen LogP contribution >= 0.6 is 0 Å². The summed E-state index contributed by atoms with van der Waals surface area (Å²) in [5.41, 5.74) is 0. The summed E-state index contributed by atoms with van der Waals surface area (Å²) in [5, 5.41) is 0. The molecule has 3 radical (unpaired) electrons. The number of hydrogen-bond donors (Lipinski definition) is 2. The van der Waals surface area contributed by atoms with E-state index < -0.39 is 20.2 Å². The van der Waals surface area contributed by atoms with Gasteiger partial charge >= 0.3 is 0 Å². The van der Waals surface area contributed by atoms with Gasteiger partial charge in [-0.2, -0.15) is 0 Å². The molecule has 0 heterocycles. The molecule has 0 saturated carbocycles. The van der Waals surface area contributed by atoms with Gasteiger partial charge in [0.1, 0.15) is 0 Å². The molecule has 0 fully saturated rings. The smallest absolute Gasteiger partial charge is 0.274 e. The van der Waals surface area contributed by atoms with Crippen molar-refractivity contribution in [1.82, 2.24) is 0 Å². The van der Waals surface area contributed by atoms with Crippen molar-refractivity contribution in [2.75, 3.05) is 0 Å². The summed E-state index contributed by atoms with van der Waals surface area (Å²) in [6, 6.07) is 0. The van der Waals surface area contributed by atoms with E-state index in [1.165, 1.54) is 0 Å². The summed E-state index contributed by atoms with van der Waals surface area (Å²) in [6.45, 7) is 0. The van der Waals surface area contributed by atoms with Gasteiger partial charge < -0.3 is 0 Å². The average molecular weight is 141 g/mol. The predicted molar refractivity (Wildman–Crippen MR) is 27.3 cm³/mol. The van der Waals surface area contributed by atoms with Crippen LogP contribution < -0.4 is 0 Å². The van der Waals surface area contributed by atoms with Crippen molar-refractivity contribution >= 4 is 28.6 Å². The Labute approximate surface area is 46.9 Å². The molecule has 4 nitrogen and oxygen atoms in total. The minimum Gasteiger partial charge on any atom is -0.294 e. The topological polar surface area (TPSA) is 74.6 Å². The molecular formula is H2BO4S2. The van der Waals surface area contributed by atoms with Crippen LogP contribution in [0.3, 0.4) is 0 Å². The molecule has 2 N–H and O–H groups in total. The van der Waals surface area contributed by atoms with Crippen molar-refractivity contribution in [2.45, 2.75) is 0 Å². The van der Waals surface area contributed by atoms with Crippen LogP contribution in [0.1, 0.15) is 0 Å². The van der Waals surface area contributed by atoms with Crippen molar-refractivity contribution in [2.24, 2.45) is 0 Å². The molecule has 0 amide bonds. The molecule has 0 spiro atoms. The number of rotatable bonds is 1. The van der Waals surface area contributed by atoms with Crippen LogP contribution in [0, 0.1) is 0 Å². The summed E-state index contributed by atoms with van der Waals surface area (Å²) < 4.78 is 33.6. The Bertz CT molecular complexity index is 75.7. The first-order chi connectivity index (χ1) is 2.64. The third-order valence-electron chi connectivity index (χ3n) is 0.122. The molecular weight excluding hydrogens is 139 g/mol. The third kappa shape index (κ3) is 6.28. The Hall–Kier alpha value is 0.285. The fraction of sp³-hybridized carbons (Fsp3) is 0. The Morgan fingerprint density at radius 3 is 1.14 bits per heavy atom. The van der Waals surface area contributed by atoms with Gasteiger partial charge in [-0.25, -0.2) is 8.42 Å².